The number of aromatic nitrogens is 1. The Morgan fingerprint density at radius 3 is 2.61 bits per heavy atom. The second-order valence-electron chi connectivity index (χ2n) is 6.26. The van der Waals surface area contributed by atoms with Crippen LogP contribution in [0.1, 0.15) is 27.0 Å². The number of carbonyl (C=O) groups is 1. The molecule has 2 aromatic carbocycles. The molecule has 118 valence electrons. The highest BCUT2D eigenvalue weighted by molar-refractivity contribution is 6.06. The molecule has 1 heterocycles. The van der Waals surface area contributed by atoms with Crippen molar-refractivity contribution in [2.45, 2.75) is 20.4 Å². The summed E-state index contributed by atoms with van der Waals surface area (Å²) < 4.78 is 2.01. The fourth-order valence-electron chi connectivity index (χ4n) is 3.07. The summed E-state index contributed by atoms with van der Waals surface area (Å²) in [5.41, 5.74) is 5.50. The van der Waals surface area contributed by atoms with Crippen molar-refractivity contribution in [3.63, 3.8) is 0 Å². The van der Waals surface area contributed by atoms with E-state index in [1.54, 1.807) is 4.90 Å². The summed E-state index contributed by atoms with van der Waals surface area (Å²) in [6.45, 7) is 4.80. The fourth-order valence-corrected chi connectivity index (χ4v) is 3.07. The van der Waals surface area contributed by atoms with Crippen LogP contribution in [0.25, 0.3) is 10.9 Å². The number of fused-ring (bicyclic) bond motifs is 1. The van der Waals surface area contributed by atoms with E-state index in [2.05, 4.69) is 32.0 Å². The van der Waals surface area contributed by atoms with Gasteiger partial charge in [0.2, 0.25) is 0 Å². The molecule has 0 unspecified atom stereocenters. The van der Waals surface area contributed by atoms with Crippen molar-refractivity contribution in [2.24, 2.45) is 7.05 Å². The van der Waals surface area contributed by atoms with Crippen molar-refractivity contribution < 1.29 is 4.79 Å². The van der Waals surface area contributed by atoms with Crippen LogP contribution < -0.4 is 0 Å². The summed E-state index contributed by atoms with van der Waals surface area (Å²) in [5.74, 6) is 0.0572. The van der Waals surface area contributed by atoms with Crippen LogP contribution in [0.3, 0.4) is 0 Å². The van der Waals surface area contributed by atoms with Crippen molar-refractivity contribution in [3.05, 3.63) is 70.9 Å². The largest absolute Gasteiger partial charge is 0.350 e. The third kappa shape index (κ3) is 2.87. The molecule has 0 saturated carbocycles. The number of hydrogen-bond donors (Lipinski definition) is 0. The third-order valence-corrected chi connectivity index (χ3v) is 4.38. The highest BCUT2D eigenvalue weighted by Gasteiger charge is 2.18. The molecule has 1 aromatic heterocycles. The Bertz CT molecular complexity index is 876. The molecule has 0 aliphatic rings. The second kappa shape index (κ2) is 5.92. The molecule has 0 N–H and O–H groups in total. The molecule has 0 bridgehead atoms. The summed E-state index contributed by atoms with van der Waals surface area (Å²) in [7, 11) is 3.84. The molecule has 3 nitrogen and oxygen atoms in total. The van der Waals surface area contributed by atoms with Crippen LogP contribution in [0.15, 0.2) is 48.7 Å². The molecule has 0 aliphatic heterocycles. The van der Waals surface area contributed by atoms with Crippen molar-refractivity contribution >= 4 is 16.8 Å². The van der Waals surface area contributed by atoms with Crippen LogP contribution in [0.2, 0.25) is 0 Å². The van der Waals surface area contributed by atoms with Crippen LogP contribution in [0.4, 0.5) is 0 Å². The predicted octanol–water partition coefficient (Wildman–Crippen LogP) is 4.07. The topological polar surface area (TPSA) is 25.2 Å². The molecular formula is C20H22N2O. The zero-order valence-electron chi connectivity index (χ0n) is 14.1. The smallest absolute Gasteiger partial charge is 0.256 e. The second-order valence-corrected chi connectivity index (χ2v) is 6.26. The van der Waals surface area contributed by atoms with Crippen molar-refractivity contribution in [2.75, 3.05) is 7.05 Å². The zero-order valence-corrected chi connectivity index (χ0v) is 14.1. The number of amides is 1. The molecule has 0 atom stereocenters. The van der Waals surface area contributed by atoms with Gasteiger partial charge in [-0.15, -0.1) is 0 Å². The van der Waals surface area contributed by atoms with Gasteiger partial charge in [-0.3, -0.25) is 4.79 Å². The fraction of sp³-hybridized carbons (Fsp3) is 0.250. The standard InChI is InChI=1S/C20H22N2O/c1-14-9-10-16(15(2)11-14)12-22(4)20(23)18-13-21(3)19-8-6-5-7-17(18)19/h5-11,13H,12H2,1-4H3. The molecule has 3 aromatic rings. The summed E-state index contributed by atoms with van der Waals surface area (Å²) in [6, 6.07) is 14.4. The molecule has 1 amide bonds. The third-order valence-electron chi connectivity index (χ3n) is 4.38. The van der Waals surface area contributed by atoms with Crippen molar-refractivity contribution in [1.82, 2.24) is 9.47 Å². The van der Waals surface area contributed by atoms with Gasteiger partial charge in [-0.2, -0.15) is 0 Å². The quantitative estimate of drug-likeness (QED) is 0.716. The number of nitrogens with zero attached hydrogens (tertiary/aromatic N) is 2. The van der Waals surface area contributed by atoms with Gasteiger partial charge in [0.1, 0.15) is 0 Å². The Morgan fingerprint density at radius 1 is 1.13 bits per heavy atom. The molecule has 0 spiro atoms. The van der Waals surface area contributed by atoms with Gasteiger partial charge in [0.15, 0.2) is 0 Å². The van der Waals surface area contributed by atoms with Gasteiger partial charge in [0.25, 0.3) is 5.91 Å². The molecule has 0 saturated heterocycles. The molecule has 3 heteroatoms. The summed E-state index contributed by atoms with van der Waals surface area (Å²) in [6.07, 6.45) is 1.92. The van der Waals surface area contributed by atoms with E-state index in [0.717, 1.165) is 16.5 Å². The van der Waals surface area contributed by atoms with Gasteiger partial charge < -0.3 is 9.47 Å². The number of rotatable bonds is 3. The molecule has 0 aliphatic carbocycles. The first-order chi connectivity index (χ1) is 11.0. The summed E-state index contributed by atoms with van der Waals surface area (Å²) in [5, 5.41) is 1.01. The highest BCUT2D eigenvalue weighted by Crippen LogP contribution is 2.22. The number of hydrogen-bond acceptors (Lipinski definition) is 1. The monoisotopic (exact) mass is 306 g/mol. The van der Waals surface area contributed by atoms with Crippen LogP contribution in [-0.4, -0.2) is 22.4 Å². The number of aryl methyl sites for hydroxylation is 3. The van der Waals surface area contributed by atoms with Crippen LogP contribution in [-0.2, 0) is 13.6 Å². The SMILES string of the molecule is Cc1ccc(CN(C)C(=O)c2cn(C)c3ccccc23)c(C)c1. The normalized spacial score (nSPS) is 11.0. The van der Waals surface area contributed by atoms with Gasteiger partial charge in [-0.1, -0.05) is 42.0 Å². The van der Waals surface area contributed by atoms with Gasteiger partial charge in [-0.25, -0.2) is 0 Å². The van der Waals surface area contributed by atoms with Crippen molar-refractivity contribution in [1.29, 1.82) is 0 Å². The van der Waals surface area contributed by atoms with E-state index in [0.29, 0.717) is 6.54 Å². The van der Waals surface area contributed by atoms with E-state index in [9.17, 15) is 4.79 Å². The highest BCUT2D eigenvalue weighted by atomic mass is 16.2. The Labute approximate surface area is 137 Å². The van der Waals surface area contributed by atoms with E-state index in [4.69, 9.17) is 0 Å². The van der Waals surface area contributed by atoms with E-state index >= 15 is 0 Å². The lowest BCUT2D eigenvalue weighted by Crippen LogP contribution is -2.26. The molecule has 23 heavy (non-hydrogen) atoms. The number of carbonyl (C=O) groups excluding carboxylic acids is 1. The van der Waals surface area contributed by atoms with Crippen LogP contribution in [0.5, 0.6) is 0 Å². The van der Waals surface area contributed by atoms with E-state index in [1.165, 1.54) is 16.7 Å². The first kappa shape index (κ1) is 15.3. The van der Waals surface area contributed by atoms with Crippen LogP contribution in [0, 0.1) is 13.8 Å². The lowest BCUT2D eigenvalue weighted by atomic mass is 10.1. The van der Waals surface area contributed by atoms with Crippen molar-refractivity contribution in [3.8, 4) is 0 Å². The van der Waals surface area contributed by atoms with Gasteiger partial charge in [-0.05, 0) is 31.0 Å². The lowest BCUT2D eigenvalue weighted by Gasteiger charge is -2.18. The number of para-hydroxylation sites is 1. The minimum Gasteiger partial charge on any atom is -0.350 e. The molecular weight excluding hydrogens is 284 g/mol. The maximum atomic E-state index is 12.9. The van der Waals surface area contributed by atoms with Crippen LogP contribution >= 0.6 is 0 Å². The summed E-state index contributed by atoms with van der Waals surface area (Å²) in [4.78, 5) is 14.7. The predicted molar refractivity (Wildman–Crippen MR) is 94.6 cm³/mol. The lowest BCUT2D eigenvalue weighted by molar-refractivity contribution is 0.0786. The van der Waals surface area contributed by atoms with Gasteiger partial charge in [0.05, 0.1) is 5.56 Å². The number of benzene rings is 2. The Kier molecular flexibility index (Phi) is 3.95. The van der Waals surface area contributed by atoms with Gasteiger partial charge in [0, 0.05) is 37.7 Å². The minimum absolute atomic E-state index is 0.0572. The molecule has 0 fully saturated rings. The Hall–Kier alpha value is -2.55. The summed E-state index contributed by atoms with van der Waals surface area (Å²) >= 11 is 0. The van der Waals surface area contributed by atoms with E-state index < -0.39 is 0 Å². The first-order valence-corrected chi connectivity index (χ1v) is 7.83. The van der Waals surface area contributed by atoms with Gasteiger partial charge >= 0.3 is 0 Å². The maximum absolute atomic E-state index is 12.9. The average Bonchev–Trinajstić information content (AvgIpc) is 2.87. The molecule has 3 rings (SSSR count). The first-order valence-electron chi connectivity index (χ1n) is 7.83. The maximum Gasteiger partial charge on any atom is 0.256 e. The zero-order chi connectivity index (χ0) is 16.6. The molecule has 0 radical (unpaired) electrons. The minimum atomic E-state index is 0.0572. The Balaban J connectivity index is 1.89. The van der Waals surface area contributed by atoms with E-state index in [1.807, 2.05) is 49.1 Å². The Morgan fingerprint density at radius 2 is 1.87 bits per heavy atom. The average molecular weight is 306 g/mol. The van der Waals surface area contributed by atoms with E-state index in [-0.39, 0.29) is 5.91 Å².